The first kappa shape index (κ1) is 14.7. The van der Waals surface area contributed by atoms with E-state index in [1.165, 1.54) is 12.1 Å². The third-order valence-electron chi connectivity index (χ3n) is 3.66. The molecule has 0 amide bonds. The van der Waals surface area contributed by atoms with Crippen LogP contribution in [-0.2, 0) is 16.0 Å². The minimum atomic E-state index is -0.437. The van der Waals surface area contributed by atoms with Crippen molar-refractivity contribution >= 4 is 11.5 Å². The molecule has 1 saturated carbocycles. The first-order chi connectivity index (χ1) is 9.58. The lowest BCUT2D eigenvalue weighted by molar-refractivity contribution is -0.384. The molecule has 0 spiro atoms. The van der Waals surface area contributed by atoms with Gasteiger partial charge in [0.05, 0.1) is 11.0 Å². The Balaban J connectivity index is 1.76. The van der Waals surface area contributed by atoms with E-state index in [4.69, 9.17) is 4.74 Å². The number of rotatable bonds is 7. The number of nitro benzene ring substituents is 1. The van der Waals surface area contributed by atoms with Crippen LogP contribution in [-0.4, -0.2) is 23.4 Å². The average molecular weight is 277 g/mol. The molecule has 2 rings (SSSR count). The van der Waals surface area contributed by atoms with Gasteiger partial charge in [-0.2, -0.15) is 0 Å². The Kier molecular flexibility index (Phi) is 4.84. The average Bonchev–Trinajstić information content (AvgIpc) is 2.37. The zero-order valence-electron chi connectivity index (χ0n) is 11.6. The molecule has 0 bridgehead atoms. The minimum absolute atomic E-state index is 0.0553. The third kappa shape index (κ3) is 3.87. The lowest BCUT2D eigenvalue weighted by Gasteiger charge is -2.34. The van der Waals surface area contributed by atoms with Gasteiger partial charge in [0.15, 0.2) is 0 Å². The van der Waals surface area contributed by atoms with Gasteiger partial charge in [-0.3, -0.25) is 14.9 Å². The second-order valence-corrected chi connectivity index (χ2v) is 5.26. The standard InChI is InChI=1S/C15H19NO4/c1-2-20-15-9-12(10-15)8-14(17)7-11-3-5-13(6-4-11)16(18)19/h3-6,12,15H,2,7-10H2,1H3. The van der Waals surface area contributed by atoms with Crippen molar-refractivity contribution in [1.29, 1.82) is 0 Å². The number of carbonyl (C=O) groups excluding carboxylic acids is 1. The summed E-state index contributed by atoms with van der Waals surface area (Å²) < 4.78 is 5.47. The molecule has 0 heterocycles. The first-order valence-corrected chi connectivity index (χ1v) is 6.95. The summed E-state index contributed by atoms with van der Waals surface area (Å²) in [5.41, 5.74) is 0.890. The highest BCUT2D eigenvalue weighted by molar-refractivity contribution is 5.81. The van der Waals surface area contributed by atoms with E-state index in [0.717, 1.165) is 25.0 Å². The van der Waals surface area contributed by atoms with Gasteiger partial charge in [-0.05, 0) is 31.2 Å². The van der Waals surface area contributed by atoms with E-state index in [0.29, 0.717) is 24.9 Å². The van der Waals surface area contributed by atoms with Crippen LogP contribution >= 0.6 is 0 Å². The van der Waals surface area contributed by atoms with Gasteiger partial charge in [0, 0.05) is 31.6 Å². The molecule has 1 aromatic carbocycles. The predicted octanol–water partition coefficient (Wildman–Crippen LogP) is 2.91. The van der Waals surface area contributed by atoms with Crippen LogP contribution in [0.1, 0.15) is 31.7 Å². The number of ketones is 1. The van der Waals surface area contributed by atoms with Crippen LogP contribution < -0.4 is 0 Å². The lowest BCUT2D eigenvalue weighted by atomic mass is 9.78. The van der Waals surface area contributed by atoms with Crippen LogP contribution in [0.25, 0.3) is 0 Å². The maximum absolute atomic E-state index is 11.9. The van der Waals surface area contributed by atoms with Crippen LogP contribution in [0, 0.1) is 16.0 Å². The predicted molar refractivity (Wildman–Crippen MR) is 74.6 cm³/mol. The fourth-order valence-corrected chi connectivity index (χ4v) is 2.57. The highest BCUT2D eigenvalue weighted by atomic mass is 16.6. The van der Waals surface area contributed by atoms with E-state index in [-0.39, 0.29) is 11.5 Å². The van der Waals surface area contributed by atoms with Crippen LogP contribution in [0.15, 0.2) is 24.3 Å². The summed E-state index contributed by atoms with van der Waals surface area (Å²) in [6.07, 6.45) is 3.21. The second-order valence-electron chi connectivity index (χ2n) is 5.26. The Morgan fingerprint density at radius 2 is 2.00 bits per heavy atom. The van der Waals surface area contributed by atoms with Gasteiger partial charge in [-0.1, -0.05) is 12.1 Å². The first-order valence-electron chi connectivity index (χ1n) is 6.95. The molecule has 0 saturated heterocycles. The number of benzene rings is 1. The number of non-ortho nitro benzene ring substituents is 1. The Bertz CT molecular complexity index is 477. The fraction of sp³-hybridized carbons (Fsp3) is 0.533. The Labute approximate surface area is 118 Å². The van der Waals surface area contributed by atoms with E-state index < -0.39 is 4.92 Å². The number of carbonyl (C=O) groups is 1. The number of Topliss-reactive ketones (excluding diaryl/α,β-unsaturated/α-hetero) is 1. The Morgan fingerprint density at radius 1 is 1.35 bits per heavy atom. The monoisotopic (exact) mass is 277 g/mol. The summed E-state index contributed by atoms with van der Waals surface area (Å²) >= 11 is 0. The maximum Gasteiger partial charge on any atom is 0.269 e. The lowest BCUT2D eigenvalue weighted by Crippen LogP contribution is -2.33. The summed E-state index contributed by atoms with van der Waals surface area (Å²) in [5.74, 6) is 0.635. The molecule has 5 heteroatoms. The molecule has 0 aromatic heterocycles. The van der Waals surface area contributed by atoms with E-state index in [9.17, 15) is 14.9 Å². The van der Waals surface area contributed by atoms with Crippen molar-refractivity contribution < 1.29 is 14.5 Å². The number of ether oxygens (including phenoxy) is 1. The van der Waals surface area contributed by atoms with Crippen molar-refractivity contribution in [2.75, 3.05) is 6.61 Å². The van der Waals surface area contributed by atoms with Gasteiger partial charge in [0.1, 0.15) is 5.78 Å². The number of nitrogens with zero attached hydrogens (tertiary/aromatic N) is 1. The molecular weight excluding hydrogens is 258 g/mol. The van der Waals surface area contributed by atoms with Crippen LogP contribution in [0.3, 0.4) is 0 Å². The highest BCUT2D eigenvalue weighted by Crippen LogP contribution is 2.33. The topological polar surface area (TPSA) is 69.4 Å². The van der Waals surface area contributed by atoms with E-state index in [1.54, 1.807) is 12.1 Å². The Hall–Kier alpha value is -1.75. The van der Waals surface area contributed by atoms with Crippen molar-refractivity contribution in [2.45, 2.75) is 38.7 Å². The third-order valence-corrected chi connectivity index (χ3v) is 3.66. The van der Waals surface area contributed by atoms with Crippen molar-refractivity contribution in [1.82, 2.24) is 0 Å². The zero-order chi connectivity index (χ0) is 14.5. The summed E-state index contributed by atoms with van der Waals surface area (Å²) in [6.45, 7) is 2.71. The largest absolute Gasteiger partial charge is 0.378 e. The normalized spacial score (nSPS) is 21.2. The molecule has 0 N–H and O–H groups in total. The smallest absolute Gasteiger partial charge is 0.269 e. The quantitative estimate of drug-likeness (QED) is 0.567. The van der Waals surface area contributed by atoms with Gasteiger partial charge in [0.25, 0.3) is 5.69 Å². The molecule has 0 aliphatic heterocycles. The van der Waals surface area contributed by atoms with E-state index in [1.807, 2.05) is 6.92 Å². The molecule has 0 unspecified atom stereocenters. The van der Waals surface area contributed by atoms with Gasteiger partial charge >= 0.3 is 0 Å². The maximum atomic E-state index is 11.9. The summed E-state index contributed by atoms with van der Waals surface area (Å²) in [4.78, 5) is 22.0. The Morgan fingerprint density at radius 3 is 2.55 bits per heavy atom. The summed E-state index contributed by atoms with van der Waals surface area (Å²) in [5, 5.41) is 10.5. The highest BCUT2D eigenvalue weighted by Gasteiger charge is 2.30. The number of hydrogen-bond acceptors (Lipinski definition) is 4. The SMILES string of the molecule is CCOC1CC(CC(=O)Cc2ccc([N+](=O)[O-])cc2)C1. The molecule has 1 aromatic rings. The van der Waals surface area contributed by atoms with E-state index in [2.05, 4.69) is 0 Å². The molecule has 1 aliphatic carbocycles. The van der Waals surface area contributed by atoms with Crippen LogP contribution in [0.5, 0.6) is 0 Å². The van der Waals surface area contributed by atoms with Crippen molar-refractivity contribution in [3.63, 3.8) is 0 Å². The molecule has 20 heavy (non-hydrogen) atoms. The van der Waals surface area contributed by atoms with Gasteiger partial charge < -0.3 is 4.74 Å². The van der Waals surface area contributed by atoms with Gasteiger partial charge in [0.2, 0.25) is 0 Å². The van der Waals surface area contributed by atoms with Crippen LogP contribution in [0.2, 0.25) is 0 Å². The molecule has 0 atom stereocenters. The fourth-order valence-electron chi connectivity index (χ4n) is 2.57. The molecular formula is C15H19NO4. The molecule has 108 valence electrons. The van der Waals surface area contributed by atoms with Crippen molar-refractivity contribution in [3.05, 3.63) is 39.9 Å². The van der Waals surface area contributed by atoms with Crippen molar-refractivity contribution in [3.8, 4) is 0 Å². The molecule has 5 nitrogen and oxygen atoms in total. The van der Waals surface area contributed by atoms with Gasteiger partial charge in [-0.25, -0.2) is 0 Å². The summed E-state index contributed by atoms with van der Waals surface area (Å²) in [6, 6.07) is 6.19. The zero-order valence-corrected chi connectivity index (χ0v) is 11.6. The molecule has 1 fully saturated rings. The second kappa shape index (κ2) is 6.61. The minimum Gasteiger partial charge on any atom is -0.378 e. The van der Waals surface area contributed by atoms with E-state index >= 15 is 0 Å². The van der Waals surface area contributed by atoms with Gasteiger partial charge in [-0.15, -0.1) is 0 Å². The number of hydrogen-bond donors (Lipinski definition) is 0. The van der Waals surface area contributed by atoms with Crippen molar-refractivity contribution in [2.24, 2.45) is 5.92 Å². The van der Waals surface area contributed by atoms with Crippen LogP contribution in [0.4, 0.5) is 5.69 Å². The molecule has 0 radical (unpaired) electrons. The summed E-state index contributed by atoms with van der Waals surface area (Å²) in [7, 11) is 0. The molecule has 1 aliphatic rings. The number of nitro groups is 1.